The van der Waals surface area contributed by atoms with Crippen LogP contribution >= 0.6 is 0 Å². The van der Waals surface area contributed by atoms with Gasteiger partial charge in [-0.2, -0.15) is 0 Å². The van der Waals surface area contributed by atoms with Crippen molar-refractivity contribution >= 4 is 0 Å². The molecule has 3 aliphatic rings. The van der Waals surface area contributed by atoms with Crippen molar-refractivity contribution in [3.63, 3.8) is 0 Å². The smallest absolute Gasteiger partial charge is 0.114 e. The predicted molar refractivity (Wildman–Crippen MR) is 67.1 cm³/mol. The van der Waals surface area contributed by atoms with Gasteiger partial charge in [0.1, 0.15) is 6.10 Å². The summed E-state index contributed by atoms with van der Waals surface area (Å²) in [5, 5.41) is 18.6. The summed E-state index contributed by atoms with van der Waals surface area (Å²) in [5.41, 5.74) is 0.857. The average molecular weight is 251 g/mol. The van der Waals surface area contributed by atoms with E-state index in [2.05, 4.69) is 27.0 Å². The summed E-state index contributed by atoms with van der Waals surface area (Å²) in [5.74, 6) is 0. The molecule has 0 amide bonds. The standard InChI is InChI=1S/C12H21N5O/c1-2-3-17-10(8-13-14-17)12(18)11-9-15-4-6-16(11)7-5-15/h8,11-12,18H,2-7,9H2,1H3. The minimum atomic E-state index is -0.477. The summed E-state index contributed by atoms with van der Waals surface area (Å²) >= 11 is 0. The van der Waals surface area contributed by atoms with Crippen LogP contribution in [0.2, 0.25) is 0 Å². The SMILES string of the molecule is CCCn1nncc1C(O)C1CN2CCN1CC2. The summed E-state index contributed by atoms with van der Waals surface area (Å²) in [4.78, 5) is 4.83. The molecule has 3 saturated heterocycles. The molecule has 4 heterocycles. The molecule has 1 aromatic heterocycles. The van der Waals surface area contributed by atoms with E-state index in [4.69, 9.17) is 0 Å². The lowest BCUT2D eigenvalue weighted by atomic mass is 10.0. The van der Waals surface area contributed by atoms with Crippen LogP contribution in [-0.2, 0) is 6.54 Å². The maximum atomic E-state index is 10.6. The molecule has 2 bridgehead atoms. The fraction of sp³-hybridized carbons (Fsp3) is 0.833. The van der Waals surface area contributed by atoms with E-state index in [1.165, 1.54) is 0 Å². The van der Waals surface area contributed by atoms with Gasteiger partial charge in [-0.05, 0) is 6.42 Å². The number of aryl methyl sites for hydroxylation is 1. The van der Waals surface area contributed by atoms with Gasteiger partial charge in [0, 0.05) is 39.3 Å². The Labute approximate surface area is 107 Å². The highest BCUT2D eigenvalue weighted by atomic mass is 16.3. The number of aromatic nitrogens is 3. The molecular weight excluding hydrogens is 230 g/mol. The number of hydrogen-bond acceptors (Lipinski definition) is 5. The Hall–Kier alpha value is -0.980. The van der Waals surface area contributed by atoms with Crippen molar-refractivity contribution in [1.82, 2.24) is 24.8 Å². The second kappa shape index (κ2) is 4.95. The van der Waals surface area contributed by atoms with Gasteiger partial charge in [0.15, 0.2) is 0 Å². The molecule has 2 unspecified atom stereocenters. The molecular formula is C12H21N5O. The van der Waals surface area contributed by atoms with Crippen LogP contribution in [-0.4, -0.2) is 68.7 Å². The summed E-state index contributed by atoms with van der Waals surface area (Å²) in [6, 6.07) is 0.196. The third kappa shape index (κ3) is 2.04. The van der Waals surface area contributed by atoms with Gasteiger partial charge >= 0.3 is 0 Å². The van der Waals surface area contributed by atoms with Gasteiger partial charge in [0.25, 0.3) is 0 Å². The van der Waals surface area contributed by atoms with E-state index >= 15 is 0 Å². The Kier molecular flexibility index (Phi) is 3.32. The molecule has 6 heteroatoms. The third-order valence-electron chi connectivity index (χ3n) is 4.07. The van der Waals surface area contributed by atoms with Crippen LogP contribution in [0.15, 0.2) is 6.20 Å². The first-order chi connectivity index (χ1) is 8.79. The van der Waals surface area contributed by atoms with E-state index in [1.54, 1.807) is 6.20 Å². The first-order valence-corrected chi connectivity index (χ1v) is 6.82. The third-order valence-corrected chi connectivity index (χ3v) is 4.07. The Morgan fingerprint density at radius 1 is 1.39 bits per heavy atom. The molecule has 0 spiro atoms. The normalized spacial score (nSPS) is 32.7. The minimum absolute atomic E-state index is 0.196. The molecule has 3 aliphatic heterocycles. The molecule has 0 radical (unpaired) electrons. The highest BCUT2D eigenvalue weighted by Crippen LogP contribution is 2.26. The van der Waals surface area contributed by atoms with E-state index in [0.29, 0.717) is 0 Å². The lowest BCUT2D eigenvalue weighted by Crippen LogP contribution is -2.62. The number of hydrogen-bond donors (Lipinski definition) is 1. The van der Waals surface area contributed by atoms with Gasteiger partial charge in [-0.15, -0.1) is 5.10 Å². The number of nitrogens with zero attached hydrogens (tertiary/aromatic N) is 5. The van der Waals surface area contributed by atoms with E-state index in [1.807, 2.05) is 4.68 Å². The topological polar surface area (TPSA) is 57.4 Å². The average Bonchev–Trinajstić information content (AvgIpc) is 2.88. The van der Waals surface area contributed by atoms with Crippen LogP contribution < -0.4 is 0 Å². The zero-order chi connectivity index (χ0) is 12.5. The monoisotopic (exact) mass is 251 g/mol. The van der Waals surface area contributed by atoms with E-state index in [-0.39, 0.29) is 6.04 Å². The van der Waals surface area contributed by atoms with E-state index < -0.39 is 6.10 Å². The number of aliphatic hydroxyl groups is 1. The maximum absolute atomic E-state index is 10.6. The Morgan fingerprint density at radius 3 is 2.78 bits per heavy atom. The van der Waals surface area contributed by atoms with Gasteiger partial charge < -0.3 is 5.11 Å². The number of piperazine rings is 3. The maximum Gasteiger partial charge on any atom is 0.114 e. The van der Waals surface area contributed by atoms with Crippen LogP contribution in [0.1, 0.15) is 25.1 Å². The van der Waals surface area contributed by atoms with E-state index in [0.717, 1.165) is 51.4 Å². The Bertz CT molecular complexity index is 399. The molecule has 4 rings (SSSR count). The number of rotatable bonds is 4. The van der Waals surface area contributed by atoms with Crippen LogP contribution in [0.3, 0.4) is 0 Å². The predicted octanol–water partition coefficient (Wildman–Crippen LogP) is -0.279. The minimum Gasteiger partial charge on any atom is -0.385 e. The lowest BCUT2D eigenvalue weighted by molar-refractivity contribution is -0.0496. The molecule has 18 heavy (non-hydrogen) atoms. The van der Waals surface area contributed by atoms with Crippen molar-refractivity contribution in [3.05, 3.63) is 11.9 Å². The first kappa shape index (κ1) is 12.1. The Balaban J connectivity index is 1.77. The van der Waals surface area contributed by atoms with Crippen LogP contribution in [0.25, 0.3) is 0 Å². The summed E-state index contributed by atoms with van der Waals surface area (Å²) in [6.45, 7) is 8.29. The van der Waals surface area contributed by atoms with Crippen molar-refractivity contribution < 1.29 is 5.11 Å². The second-order valence-electron chi connectivity index (χ2n) is 5.23. The van der Waals surface area contributed by atoms with Crippen LogP contribution in [0.4, 0.5) is 0 Å². The van der Waals surface area contributed by atoms with E-state index in [9.17, 15) is 5.11 Å². The molecule has 1 aromatic rings. The zero-order valence-corrected chi connectivity index (χ0v) is 10.9. The van der Waals surface area contributed by atoms with Gasteiger partial charge in [0.05, 0.1) is 17.9 Å². The molecule has 100 valence electrons. The summed E-state index contributed by atoms with van der Waals surface area (Å²) in [7, 11) is 0. The lowest BCUT2D eigenvalue weighted by Gasteiger charge is -2.48. The van der Waals surface area contributed by atoms with Crippen molar-refractivity contribution in [2.45, 2.75) is 32.0 Å². The number of aliphatic hydroxyl groups excluding tert-OH is 1. The van der Waals surface area contributed by atoms with Gasteiger partial charge in [-0.1, -0.05) is 12.1 Å². The van der Waals surface area contributed by atoms with Gasteiger partial charge in [0.2, 0.25) is 0 Å². The molecule has 0 saturated carbocycles. The fourth-order valence-corrected chi connectivity index (χ4v) is 3.03. The quantitative estimate of drug-likeness (QED) is 0.798. The molecule has 0 aromatic carbocycles. The highest BCUT2D eigenvalue weighted by Gasteiger charge is 2.37. The largest absolute Gasteiger partial charge is 0.385 e. The molecule has 1 N–H and O–H groups in total. The second-order valence-corrected chi connectivity index (χ2v) is 5.23. The van der Waals surface area contributed by atoms with Crippen molar-refractivity contribution in [1.29, 1.82) is 0 Å². The molecule has 3 fully saturated rings. The number of fused-ring (bicyclic) bond motifs is 3. The van der Waals surface area contributed by atoms with Gasteiger partial charge in [-0.3, -0.25) is 9.80 Å². The van der Waals surface area contributed by atoms with Crippen molar-refractivity contribution in [3.8, 4) is 0 Å². The van der Waals surface area contributed by atoms with Crippen molar-refractivity contribution in [2.24, 2.45) is 0 Å². The Morgan fingerprint density at radius 2 is 2.17 bits per heavy atom. The van der Waals surface area contributed by atoms with Crippen molar-refractivity contribution in [2.75, 3.05) is 32.7 Å². The highest BCUT2D eigenvalue weighted by molar-refractivity contribution is 5.06. The first-order valence-electron chi connectivity index (χ1n) is 6.82. The van der Waals surface area contributed by atoms with Gasteiger partial charge in [-0.25, -0.2) is 4.68 Å². The summed E-state index contributed by atoms with van der Waals surface area (Å²) in [6.07, 6.45) is 2.23. The zero-order valence-electron chi connectivity index (χ0n) is 10.9. The fourth-order valence-electron chi connectivity index (χ4n) is 3.03. The molecule has 0 aliphatic carbocycles. The molecule has 6 nitrogen and oxygen atoms in total. The summed E-state index contributed by atoms with van der Waals surface area (Å²) < 4.78 is 1.84. The molecule has 2 atom stereocenters. The van der Waals surface area contributed by atoms with Crippen LogP contribution in [0.5, 0.6) is 0 Å². The van der Waals surface area contributed by atoms with Crippen LogP contribution in [0, 0.1) is 0 Å².